The molecule has 0 aliphatic carbocycles. The molecule has 0 bridgehead atoms. The van der Waals surface area contributed by atoms with Gasteiger partial charge in [0.1, 0.15) is 0 Å². The van der Waals surface area contributed by atoms with Gasteiger partial charge in [0.05, 0.1) is 5.75 Å². The summed E-state index contributed by atoms with van der Waals surface area (Å²) < 4.78 is 27.0. The second-order valence-corrected chi connectivity index (χ2v) is 10.3. The molecular formula is C24H25ClN2O3S. The van der Waals surface area contributed by atoms with Gasteiger partial charge in [-0.25, -0.2) is 12.7 Å². The number of rotatable bonds is 6. The Hall–Kier alpha value is -2.41. The van der Waals surface area contributed by atoms with Gasteiger partial charge in [0.15, 0.2) is 0 Å². The van der Waals surface area contributed by atoms with E-state index in [1.807, 2.05) is 24.3 Å². The Morgan fingerprint density at radius 1 is 0.968 bits per heavy atom. The first-order valence-electron chi connectivity index (χ1n) is 10.4. The molecule has 31 heavy (non-hydrogen) atoms. The van der Waals surface area contributed by atoms with Crippen molar-refractivity contribution in [1.82, 2.24) is 9.62 Å². The summed E-state index contributed by atoms with van der Waals surface area (Å²) in [5.74, 6) is -0.234. The molecule has 1 N–H and O–H groups in total. The number of benzene rings is 3. The molecule has 3 aromatic rings. The zero-order valence-corrected chi connectivity index (χ0v) is 18.7. The molecule has 0 radical (unpaired) electrons. The molecule has 7 heteroatoms. The Balaban J connectivity index is 1.31. The van der Waals surface area contributed by atoms with Crippen molar-refractivity contribution < 1.29 is 13.2 Å². The Bertz CT molecular complexity index is 1170. The van der Waals surface area contributed by atoms with Gasteiger partial charge >= 0.3 is 0 Å². The lowest BCUT2D eigenvalue weighted by atomic mass is 9.97. The second kappa shape index (κ2) is 9.39. The van der Waals surface area contributed by atoms with Crippen LogP contribution in [0.4, 0.5) is 0 Å². The van der Waals surface area contributed by atoms with E-state index in [9.17, 15) is 13.2 Å². The van der Waals surface area contributed by atoms with Crippen LogP contribution in [0.2, 0.25) is 5.02 Å². The van der Waals surface area contributed by atoms with Crippen LogP contribution in [-0.2, 0) is 27.1 Å². The molecule has 5 nitrogen and oxygen atoms in total. The van der Waals surface area contributed by atoms with Gasteiger partial charge in [-0.15, -0.1) is 0 Å². The summed E-state index contributed by atoms with van der Waals surface area (Å²) in [5, 5.41) is 5.90. The van der Waals surface area contributed by atoms with Crippen molar-refractivity contribution >= 4 is 38.3 Å². The van der Waals surface area contributed by atoms with Gasteiger partial charge in [0.25, 0.3) is 0 Å². The Labute approximate surface area is 188 Å². The van der Waals surface area contributed by atoms with E-state index in [-0.39, 0.29) is 17.6 Å². The first-order chi connectivity index (χ1) is 14.9. The maximum atomic E-state index is 12.7. The van der Waals surface area contributed by atoms with Gasteiger partial charge in [-0.2, -0.15) is 0 Å². The molecule has 1 amide bonds. The predicted molar refractivity (Wildman–Crippen MR) is 124 cm³/mol. The smallest absolute Gasteiger partial charge is 0.223 e. The number of hydrogen-bond acceptors (Lipinski definition) is 3. The van der Waals surface area contributed by atoms with Crippen LogP contribution in [0.5, 0.6) is 0 Å². The van der Waals surface area contributed by atoms with E-state index in [1.54, 1.807) is 24.3 Å². The minimum Gasteiger partial charge on any atom is -0.352 e. The van der Waals surface area contributed by atoms with E-state index in [4.69, 9.17) is 11.6 Å². The van der Waals surface area contributed by atoms with Crippen molar-refractivity contribution in [3.05, 3.63) is 82.9 Å². The number of piperidine rings is 1. The van der Waals surface area contributed by atoms with Crippen molar-refractivity contribution in [2.24, 2.45) is 5.92 Å². The average Bonchev–Trinajstić information content (AvgIpc) is 2.79. The summed E-state index contributed by atoms with van der Waals surface area (Å²) in [7, 11) is -3.42. The molecule has 162 valence electrons. The summed E-state index contributed by atoms with van der Waals surface area (Å²) >= 11 is 5.87. The normalized spacial score (nSPS) is 15.8. The van der Waals surface area contributed by atoms with Crippen molar-refractivity contribution in [3.63, 3.8) is 0 Å². The topological polar surface area (TPSA) is 66.5 Å². The fourth-order valence-electron chi connectivity index (χ4n) is 4.05. The number of nitrogens with one attached hydrogen (secondary N) is 1. The monoisotopic (exact) mass is 456 g/mol. The third kappa shape index (κ3) is 5.26. The Kier molecular flexibility index (Phi) is 6.60. The largest absolute Gasteiger partial charge is 0.352 e. The van der Waals surface area contributed by atoms with E-state index in [1.165, 1.54) is 4.31 Å². The molecule has 0 atom stereocenters. The molecule has 4 rings (SSSR count). The standard InChI is InChI=1S/C24H25ClN2O3S/c25-22-10-8-18(9-11-22)17-31(29,30)27-14-12-20(13-15-27)24(28)26-16-21-6-3-5-19-4-1-2-7-23(19)21/h1-11,20H,12-17H2,(H,26,28). The zero-order valence-electron chi connectivity index (χ0n) is 17.1. The summed E-state index contributed by atoms with van der Waals surface area (Å²) in [6.07, 6.45) is 1.06. The van der Waals surface area contributed by atoms with Crippen LogP contribution in [0, 0.1) is 5.92 Å². The quantitative estimate of drug-likeness (QED) is 0.599. The fraction of sp³-hybridized carbons (Fsp3) is 0.292. The lowest BCUT2D eigenvalue weighted by molar-refractivity contribution is -0.126. The molecule has 1 aliphatic heterocycles. The Morgan fingerprint density at radius 2 is 1.65 bits per heavy atom. The minimum atomic E-state index is -3.42. The molecule has 3 aromatic carbocycles. The van der Waals surface area contributed by atoms with Crippen LogP contribution in [0.3, 0.4) is 0 Å². The van der Waals surface area contributed by atoms with Gasteiger partial charge in [-0.1, -0.05) is 66.2 Å². The van der Waals surface area contributed by atoms with E-state index < -0.39 is 10.0 Å². The van der Waals surface area contributed by atoms with Gasteiger partial charge < -0.3 is 5.32 Å². The highest BCUT2D eigenvalue weighted by Gasteiger charge is 2.31. The van der Waals surface area contributed by atoms with Crippen LogP contribution >= 0.6 is 11.6 Å². The lowest BCUT2D eigenvalue weighted by Crippen LogP contribution is -2.43. The van der Waals surface area contributed by atoms with Crippen molar-refractivity contribution in [1.29, 1.82) is 0 Å². The minimum absolute atomic E-state index is 0.0114. The van der Waals surface area contributed by atoms with E-state index >= 15 is 0 Å². The fourth-order valence-corrected chi connectivity index (χ4v) is 5.74. The molecular weight excluding hydrogens is 432 g/mol. The molecule has 0 spiro atoms. The van der Waals surface area contributed by atoms with Crippen LogP contribution in [0.1, 0.15) is 24.0 Å². The van der Waals surface area contributed by atoms with Gasteiger partial charge in [-0.3, -0.25) is 4.79 Å². The van der Waals surface area contributed by atoms with Crippen LogP contribution < -0.4 is 5.32 Å². The summed E-state index contributed by atoms with van der Waals surface area (Å²) in [6, 6.07) is 21.0. The maximum Gasteiger partial charge on any atom is 0.223 e. The predicted octanol–water partition coefficient (Wildman–Crippen LogP) is 4.35. The summed E-state index contributed by atoms with van der Waals surface area (Å²) in [5.41, 5.74) is 1.79. The van der Waals surface area contributed by atoms with Crippen LogP contribution in [0.25, 0.3) is 10.8 Å². The van der Waals surface area contributed by atoms with Crippen LogP contribution in [0.15, 0.2) is 66.7 Å². The third-order valence-corrected chi connectivity index (χ3v) is 7.92. The van der Waals surface area contributed by atoms with E-state index in [2.05, 4.69) is 23.5 Å². The zero-order chi connectivity index (χ0) is 21.8. The lowest BCUT2D eigenvalue weighted by Gasteiger charge is -2.30. The van der Waals surface area contributed by atoms with Gasteiger partial charge in [0, 0.05) is 30.6 Å². The molecule has 1 fully saturated rings. The Morgan fingerprint density at radius 3 is 2.39 bits per heavy atom. The number of hydrogen-bond donors (Lipinski definition) is 1. The number of nitrogens with zero attached hydrogens (tertiary/aromatic N) is 1. The van der Waals surface area contributed by atoms with E-state index in [0.717, 1.165) is 16.3 Å². The van der Waals surface area contributed by atoms with Crippen molar-refractivity contribution in [3.8, 4) is 0 Å². The van der Waals surface area contributed by atoms with Crippen LogP contribution in [-0.4, -0.2) is 31.7 Å². The first kappa shape index (κ1) is 21.8. The number of carbonyl (C=O) groups is 1. The molecule has 0 unspecified atom stereocenters. The summed E-state index contributed by atoms with van der Waals surface area (Å²) in [6.45, 7) is 1.19. The molecule has 0 aromatic heterocycles. The first-order valence-corrected chi connectivity index (χ1v) is 12.4. The number of halogens is 1. The van der Waals surface area contributed by atoms with Gasteiger partial charge in [-0.05, 0) is 46.9 Å². The summed E-state index contributed by atoms with van der Waals surface area (Å²) in [4.78, 5) is 12.7. The van der Waals surface area contributed by atoms with E-state index in [0.29, 0.717) is 43.1 Å². The molecule has 1 heterocycles. The highest BCUT2D eigenvalue weighted by Crippen LogP contribution is 2.23. The highest BCUT2D eigenvalue weighted by molar-refractivity contribution is 7.88. The average molecular weight is 457 g/mol. The number of carbonyl (C=O) groups excluding carboxylic acids is 1. The van der Waals surface area contributed by atoms with Gasteiger partial charge in [0.2, 0.25) is 15.9 Å². The maximum absolute atomic E-state index is 12.7. The van der Waals surface area contributed by atoms with Crippen molar-refractivity contribution in [2.75, 3.05) is 13.1 Å². The highest BCUT2D eigenvalue weighted by atomic mass is 35.5. The van der Waals surface area contributed by atoms with Crippen molar-refractivity contribution in [2.45, 2.75) is 25.1 Å². The molecule has 0 saturated carbocycles. The number of fused-ring (bicyclic) bond motifs is 1. The SMILES string of the molecule is O=C(NCc1cccc2ccccc12)C1CCN(S(=O)(=O)Cc2ccc(Cl)cc2)CC1. The third-order valence-electron chi connectivity index (χ3n) is 5.81. The number of sulfonamides is 1. The number of amides is 1. The molecule has 1 saturated heterocycles. The second-order valence-electron chi connectivity index (χ2n) is 7.91. The molecule has 1 aliphatic rings.